The molecular formula is C44H50F2N4O10S2. The van der Waals surface area contributed by atoms with Crippen molar-refractivity contribution in [1.82, 2.24) is 19.0 Å². The van der Waals surface area contributed by atoms with E-state index in [0.717, 1.165) is 35.1 Å². The minimum atomic E-state index is -4.13. The third-order valence-corrected chi connectivity index (χ3v) is 12.6. The first kappa shape index (κ1) is 46.6. The number of hydrogen-bond acceptors (Lipinski definition) is 12. The van der Waals surface area contributed by atoms with Crippen LogP contribution >= 0.6 is 0 Å². The summed E-state index contributed by atoms with van der Waals surface area (Å²) < 4.78 is 97.3. The van der Waals surface area contributed by atoms with Crippen LogP contribution in [-0.2, 0) is 61.8 Å². The summed E-state index contributed by atoms with van der Waals surface area (Å²) >= 11 is 0. The van der Waals surface area contributed by atoms with Crippen molar-refractivity contribution in [2.24, 2.45) is 0 Å². The van der Waals surface area contributed by atoms with E-state index in [1.54, 1.807) is 55.5 Å². The number of nitrogens with zero attached hydrogens (tertiary/aromatic N) is 3. The number of carbonyl (C=O) groups excluding carboxylic acids is 2. The predicted molar refractivity (Wildman–Crippen MR) is 225 cm³/mol. The molecule has 4 aromatic carbocycles. The third kappa shape index (κ3) is 13.5. The molecule has 6 rings (SSSR count). The van der Waals surface area contributed by atoms with Gasteiger partial charge in [-0.15, -0.1) is 0 Å². The molecule has 1 N–H and O–H groups in total. The SMILES string of the molecule is C[C@H](c1ccc(CN2CCO[C@@H](c3ccc(F)cc3)C2)cc1)N(OC(=O)/C=C\C(=O)OCS(=O)(=O)N[C@H](C)c1ccc(CN2CCO[C@@H](c3ccc(F)cc3)C2)cc1)S(C)(=O)=O. The van der Waals surface area contributed by atoms with Gasteiger partial charge in [-0.3, -0.25) is 9.80 Å². The normalized spacial score (nSPS) is 19.0. The van der Waals surface area contributed by atoms with Gasteiger partial charge in [-0.2, -0.15) is 0 Å². The molecule has 0 bridgehead atoms. The summed E-state index contributed by atoms with van der Waals surface area (Å²) in [6.07, 6.45) is 1.77. The van der Waals surface area contributed by atoms with E-state index in [0.29, 0.717) is 73.7 Å². The third-order valence-electron chi connectivity index (χ3n) is 10.4. The topological polar surface area (TPSA) is 161 Å². The van der Waals surface area contributed by atoms with Crippen LogP contribution in [0.25, 0.3) is 0 Å². The zero-order valence-electron chi connectivity index (χ0n) is 34.6. The van der Waals surface area contributed by atoms with Gasteiger partial charge in [-0.05, 0) is 76.0 Å². The van der Waals surface area contributed by atoms with Gasteiger partial charge in [-0.1, -0.05) is 72.8 Å². The zero-order valence-corrected chi connectivity index (χ0v) is 36.2. The number of hydroxylamine groups is 1. The summed E-state index contributed by atoms with van der Waals surface area (Å²) in [6, 6.07) is 25.4. The summed E-state index contributed by atoms with van der Waals surface area (Å²) in [5.41, 5.74) is 4.93. The summed E-state index contributed by atoms with van der Waals surface area (Å²) in [6.45, 7) is 8.08. The van der Waals surface area contributed by atoms with Crippen molar-refractivity contribution in [2.45, 2.75) is 51.2 Å². The Kier molecular flexibility index (Phi) is 15.8. The molecule has 2 saturated heterocycles. The first-order valence-corrected chi connectivity index (χ1v) is 23.4. The van der Waals surface area contributed by atoms with E-state index in [1.165, 1.54) is 31.2 Å². The van der Waals surface area contributed by atoms with Crippen molar-refractivity contribution >= 4 is 32.0 Å². The molecule has 14 nitrogen and oxygen atoms in total. The molecule has 2 aliphatic rings. The number of morpholine rings is 2. The largest absolute Gasteiger partial charge is 0.445 e. The van der Waals surface area contributed by atoms with Crippen LogP contribution < -0.4 is 4.72 Å². The van der Waals surface area contributed by atoms with E-state index in [1.807, 2.05) is 24.3 Å². The van der Waals surface area contributed by atoms with Crippen LogP contribution in [0.15, 0.2) is 109 Å². The molecule has 0 radical (unpaired) electrons. The predicted octanol–water partition coefficient (Wildman–Crippen LogP) is 5.63. The Balaban J connectivity index is 0.944. The summed E-state index contributed by atoms with van der Waals surface area (Å²) in [5, 5.41) is 0. The monoisotopic (exact) mass is 896 g/mol. The second-order valence-corrected chi connectivity index (χ2v) is 18.8. The summed E-state index contributed by atoms with van der Waals surface area (Å²) in [5.74, 6) is -4.04. The van der Waals surface area contributed by atoms with E-state index >= 15 is 0 Å². The van der Waals surface area contributed by atoms with Crippen molar-refractivity contribution in [1.29, 1.82) is 0 Å². The Labute approximate surface area is 361 Å². The second kappa shape index (κ2) is 21.0. The number of halogens is 2. The van der Waals surface area contributed by atoms with Gasteiger partial charge in [0, 0.05) is 57.5 Å². The Hall–Kier alpha value is -4.92. The average molecular weight is 897 g/mol. The van der Waals surface area contributed by atoms with Gasteiger partial charge in [-0.25, -0.2) is 39.9 Å². The number of carbonyl (C=O) groups is 2. The number of rotatable bonds is 17. The molecule has 332 valence electrons. The van der Waals surface area contributed by atoms with Crippen LogP contribution in [0, 0.1) is 11.6 Å². The van der Waals surface area contributed by atoms with Crippen molar-refractivity contribution in [2.75, 3.05) is 51.6 Å². The van der Waals surface area contributed by atoms with Crippen LogP contribution in [0.4, 0.5) is 8.78 Å². The quantitative estimate of drug-likeness (QED) is 0.0792. The number of ether oxygens (including phenoxy) is 3. The van der Waals surface area contributed by atoms with Crippen LogP contribution in [0.1, 0.15) is 71.5 Å². The molecule has 0 aliphatic carbocycles. The van der Waals surface area contributed by atoms with Gasteiger partial charge in [0.1, 0.15) is 11.6 Å². The van der Waals surface area contributed by atoms with Crippen molar-refractivity contribution < 1.29 is 54.3 Å². The highest BCUT2D eigenvalue weighted by Gasteiger charge is 2.30. The van der Waals surface area contributed by atoms with Gasteiger partial charge >= 0.3 is 11.9 Å². The Morgan fingerprint density at radius 1 is 0.726 bits per heavy atom. The molecule has 2 fully saturated rings. The highest BCUT2D eigenvalue weighted by Crippen LogP contribution is 2.27. The molecular weight excluding hydrogens is 847 g/mol. The van der Waals surface area contributed by atoms with Crippen LogP contribution in [0.3, 0.4) is 0 Å². The molecule has 0 saturated carbocycles. The lowest BCUT2D eigenvalue weighted by Gasteiger charge is -2.33. The van der Waals surface area contributed by atoms with Gasteiger partial charge in [0.05, 0.1) is 37.7 Å². The van der Waals surface area contributed by atoms with E-state index in [4.69, 9.17) is 19.0 Å². The number of hydrogen-bond donors (Lipinski definition) is 1. The van der Waals surface area contributed by atoms with Crippen LogP contribution in [0.2, 0.25) is 0 Å². The molecule has 0 spiro atoms. The zero-order chi connectivity index (χ0) is 44.4. The molecule has 2 aliphatic heterocycles. The van der Waals surface area contributed by atoms with Crippen molar-refractivity contribution in [3.05, 3.63) is 154 Å². The van der Waals surface area contributed by atoms with Crippen molar-refractivity contribution in [3.63, 3.8) is 0 Å². The number of benzene rings is 4. The van der Waals surface area contributed by atoms with E-state index in [9.17, 15) is 35.2 Å². The molecule has 18 heteroatoms. The maximum Gasteiger partial charge on any atom is 0.350 e. The number of nitrogens with one attached hydrogen (secondary N) is 1. The standard InChI is InChI=1S/C44H50F2N4O10S2/c1-31(35-8-4-33(5-9-35)26-48-22-24-57-41(28-48)37-12-16-39(45)17-13-37)47-62(55,56)30-59-43(51)20-21-44(52)60-50(61(3,53)54)32(2)36-10-6-34(7-11-36)27-49-23-25-58-42(29-49)38-14-18-40(46)19-15-38/h4-21,31-32,41-42,47H,22-30H2,1-3H3/b21-20-/t31-,32-,41-,42-/m1/s1. The summed E-state index contributed by atoms with van der Waals surface area (Å²) in [4.78, 5) is 34.6. The van der Waals surface area contributed by atoms with Gasteiger partial charge in [0.25, 0.3) is 0 Å². The van der Waals surface area contributed by atoms with E-state index < -0.39 is 50.0 Å². The average Bonchev–Trinajstić information content (AvgIpc) is 3.24. The fourth-order valence-corrected chi connectivity index (χ4v) is 9.07. The van der Waals surface area contributed by atoms with Crippen LogP contribution in [-0.4, -0.2) is 94.6 Å². The Bertz CT molecular complexity index is 2390. The minimum absolute atomic E-state index is 0.175. The van der Waals surface area contributed by atoms with Gasteiger partial charge in [0.15, 0.2) is 0 Å². The van der Waals surface area contributed by atoms with Gasteiger partial charge in [0.2, 0.25) is 26.0 Å². The number of esters is 1. The first-order chi connectivity index (χ1) is 29.5. The fraction of sp³-hybridized carbons (Fsp3) is 0.364. The summed E-state index contributed by atoms with van der Waals surface area (Å²) in [7, 11) is -8.24. The highest BCUT2D eigenvalue weighted by molar-refractivity contribution is 7.89. The molecule has 0 amide bonds. The van der Waals surface area contributed by atoms with Crippen molar-refractivity contribution in [3.8, 4) is 0 Å². The van der Waals surface area contributed by atoms with Gasteiger partial charge < -0.3 is 19.0 Å². The number of sulfonamides is 2. The molecule has 0 aromatic heterocycles. The maximum atomic E-state index is 13.4. The fourth-order valence-electron chi connectivity index (χ4n) is 7.15. The lowest BCUT2D eigenvalue weighted by Crippen LogP contribution is -2.37. The van der Waals surface area contributed by atoms with Crippen LogP contribution in [0.5, 0.6) is 0 Å². The molecule has 62 heavy (non-hydrogen) atoms. The molecule has 4 atom stereocenters. The molecule has 0 unspecified atom stereocenters. The lowest BCUT2D eigenvalue weighted by atomic mass is 10.0. The smallest absolute Gasteiger partial charge is 0.350 e. The maximum absolute atomic E-state index is 13.4. The van der Waals surface area contributed by atoms with E-state index in [-0.39, 0.29) is 23.8 Å². The second-order valence-electron chi connectivity index (χ2n) is 15.2. The lowest BCUT2D eigenvalue weighted by molar-refractivity contribution is -0.168. The van der Waals surface area contributed by atoms with E-state index in [2.05, 4.69) is 14.5 Å². The first-order valence-electron chi connectivity index (χ1n) is 19.9. The Morgan fingerprint density at radius 2 is 1.18 bits per heavy atom. The minimum Gasteiger partial charge on any atom is -0.445 e. The molecule has 2 heterocycles. The highest BCUT2D eigenvalue weighted by atomic mass is 32.2. The Morgan fingerprint density at radius 3 is 1.65 bits per heavy atom. The molecule has 4 aromatic rings.